The van der Waals surface area contributed by atoms with Gasteiger partial charge in [-0.2, -0.15) is 0 Å². The van der Waals surface area contributed by atoms with Crippen molar-refractivity contribution in [3.05, 3.63) is 29.3 Å². The normalized spacial score (nSPS) is 15.3. The molecule has 28 heavy (non-hydrogen) atoms. The number of hydrogen-bond acceptors (Lipinski definition) is 5. The standard InChI is InChI=1S/C18H29ClN4O3S.HI/c1-3-20-18(21-7-12-26-13-14-27(2,24)25)23-10-8-22(9-11-23)17-6-4-5-16(19)15-17;/h4-6,15H,3,7-14H2,1-2H3,(H,20,21);1H. The summed E-state index contributed by atoms with van der Waals surface area (Å²) in [7, 11) is -2.98. The molecular weight excluding hydrogens is 515 g/mol. The number of sulfone groups is 1. The van der Waals surface area contributed by atoms with Crippen LogP contribution >= 0.6 is 35.6 Å². The minimum Gasteiger partial charge on any atom is -0.378 e. The summed E-state index contributed by atoms with van der Waals surface area (Å²) in [5.41, 5.74) is 1.14. The first-order chi connectivity index (χ1) is 12.9. The van der Waals surface area contributed by atoms with Crippen LogP contribution in [0.15, 0.2) is 29.3 Å². The van der Waals surface area contributed by atoms with E-state index in [0.717, 1.165) is 49.4 Å². The van der Waals surface area contributed by atoms with Crippen LogP contribution in [0.5, 0.6) is 0 Å². The lowest BCUT2D eigenvalue weighted by molar-refractivity contribution is 0.157. The van der Waals surface area contributed by atoms with Gasteiger partial charge in [0.2, 0.25) is 0 Å². The number of nitrogens with one attached hydrogen (secondary N) is 1. The van der Waals surface area contributed by atoms with Crippen LogP contribution in [0.2, 0.25) is 5.02 Å². The maximum absolute atomic E-state index is 11.1. The first-order valence-electron chi connectivity index (χ1n) is 9.18. The Bertz CT molecular complexity index is 725. The topological polar surface area (TPSA) is 74.2 Å². The Kier molecular flexibility index (Phi) is 11.5. The Morgan fingerprint density at radius 3 is 2.57 bits per heavy atom. The number of halogens is 2. The molecule has 1 heterocycles. The number of piperazine rings is 1. The summed E-state index contributed by atoms with van der Waals surface area (Å²) in [6.45, 7) is 7.49. The van der Waals surface area contributed by atoms with Crippen LogP contribution in [0.3, 0.4) is 0 Å². The number of aliphatic imine (C=N–C) groups is 1. The van der Waals surface area contributed by atoms with E-state index in [1.165, 1.54) is 6.26 Å². The van der Waals surface area contributed by atoms with E-state index in [4.69, 9.17) is 16.3 Å². The van der Waals surface area contributed by atoms with Gasteiger partial charge in [0.1, 0.15) is 9.84 Å². The summed E-state index contributed by atoms with van der Waals surface area (Å²) in [6.07, 6.45) is 1.21. The smallest absolute Gasteiger partial charge is 0.194 e. The summed E-state index contributed by atoms with van der Waals surface area (Å²) in [5.74, 6) is 0.914. The van der Waals surface area contributed by atoms with Crippen LogP contribution in [0.25, 0.3) is 0 Å². The van der Waals surface area contributed by atoms with Gasteiger partial charge in [-0.25, -0.2) is 8.42 Å². The van der Waals surface area contributed by atoms with Crippen molar-refractivity contribution in [2.45, 2.75) is 6.92 Å². The average Bonchev–Trinajstić information content (AvgIpc) is 2.63. The molecule has 0 aromatic heterocycles. The number of anilines is 1. The first kappa shape index (κ1) is 25.3. The van der Waals surface area contributed by atoms with Gasteiger partial charge in [-0.05, 0) is 25.1 Å². The number of benzene rings is 1. The zero-order chi connectivity index (χ0) is 19.7. The largest absolute Gasteiger partial charge is 0.378 e. The van der Waals surface area contributed by atoms with Gasteiger partial charge in [0, 0.05) is 49.7 Å². The van der Waals surface area contributed by atoms with Gasteiger partial charge in [-0.3, -0.25) is 4.99 Å². The fraction of sp³-hybridized carbons (Fsp3) is 0.611. The van der Waals surface area contributed by atoms with Crippen LogP contribution in [-0.2, 0) is 14.6 Å². The molecule has 0 radical (unpaired) electrons. The molecule has 0 spiro atoms. The van der Waals surface area contributed by atoms with Crippen LogP contribution in [-0.4, -0.2) is 83.8 Å². The fourth-order valence-corrected chi connectivity index (χ4v) is 3.41. The minimum atomic E-state index is -2.98. The Morgan fingerprint density at radius 1 is 1.25 bits per heavy atom. The molecule has 1 aliphatic heterocycles. The Balaban J connectivity index is 0.00000392. The Hall–Kier alpha value is -0.780. The molecular formula is C18H30ClIN4O3S. The molecule has 0 aliphatic carbocycles. The second kappa shape index (κ2) is 12.7. The highest BCUT2D eigenvalue weighted by Crippen LogP contribution is 2.20. The van der Waals surface area contributed by atoms with Crippen molar-refractivity contribution >= 4 is 57.1 Å². The second-order valence-electron chi connectivity index (χ2n) is 6.43. The third-order valence-electron chi connectivity index (χ3n) is 4.18. The van der Waals surface area contributed by atoms with E-state index in [9.17, 15) is 8.42 Å². The van der Waals surface area contributed by atoms with Gasteiger partial charge in [-0.1, -0.05) is 17.7 Å². The zero-order valence-electron chi connectivity index (χ0n) is 16.4. The highest BCUT2D eigenvalue weighted by atomic mass is 127. The van der Waals surface area contributed by atoms with Crippen LogP contribution in [0.4, 0.5) is 5.69 Å². The van der Waals surface area contributed by atoms with Gasteiger partial charge in [0.05, 0.1) is 25.5 Å². The van der Waals surface area contributed by atoms with Crippen molar-refractivity contribution in [1.82, 2.24) is 10.2 Å². The molecule has 1 aliphatic rings. The molecule has 0 amide bonds. The molecule has 1 fully saturated rings. The summed E-state index contributed by atoms with van der Waals surface area (Å²) in [6, 6.07) is 7.92. The fourth-order valence-electron chi connectivity index (χ4n) is 2.80. The quantitative estimate of drug-likeness (QED) is 0.234. The molecule has 2 rings (SSSR count). The maximum atomic E-state index is 11.1. The zero-order valence-corrected chi connectivity index (χ0v) is 20.3. The van der Waals surface area contributed by atoms with Crippen molar-refractivity contribution in [2.75, 3.05) is 69.4 Å². The number of rotatable bonds is 8. The van der Waals surface area contributed by atoms with Gasteiger partial charge < -0.3 is 19.9 Å². The highest BCUT2D eigenvalue weighted by Gasteiger charge is 2.19. The number of ether oxygens (including phenoxy) is 1. The predicted molar refractivity (Wildman–Crippen MR) is 127 cm³/mol. The minimum absolute atomic E-state index is 0. The average molecular weight is 545 g/mol. The molecule has 1 N–H and O–H groups in total. The molecule has 0 bridgehead atoms. The van der Waals surface area contributed by atoms with Gasteiger partial charge in [0.15, 0.2) is 5.96 Å². The molecule has 10 heteroatoms. The SMILES string of the molecule is CCNC(=NCCOCCS(C)(=O)=O)N1CCN(c2cccc(Cl)c2)CC1.I. The van der Waals surface area contributed by atoms with E-state index in [0.29, 0.717) is 13.2 Å². The number of nitrogens with zero attached hydrogens (tertiary/aromatic N) is 3. The Labute approximate surface area is 190 Å². The molecule has 0 saturated carbocycles. The summed E-state index contributed by atoms with van der Waals surface area (Å²) in [4.78, 5) is 9.16. The molecule has 1 aromatic rings. The lowest BCUT2D eigenvalue weighted by Crippen LogP contribution is -2.52. The summed E-state index contributed by atoms with van der Waals surface area (Å²) in [5, 5.41) is 4.07. The second-order valence-corrected chi connectivity index (χ2v) is 9.13. The van der Waals surface area contributed by atoms with E-state index >= 15 is 0 Å². The van der Waals surface area contributed by atoms with Crippen LogP contribution in [0, 0.1) is 0 Å². The van der Waals surface area contributed by atoms with Gasteiger partial charge in [0.25, 0.3) is 0 Å². The van der Waals surface area contributed by atoms with E-state index in [1.807, 2.05) is 25.1 Å². The lowest BCUT2D eigenvalue weighted by Gasteiger charge is -2.37. The summed E-state index contributed by atoms with van der Waals surface area (Å²) >= 11 is 6.09. The third kappa shape index (κ3) is 9.15. The van der Waals surface area contributed by atoms with E-state index in [-0.39, 0.29) is 36.3 Å². The van der Waals surface area contributed by atoms with E-state index in [1.54, 1.807) is 0 Å². The predicted octanol–water partition coefficient (Wildman–Crippen LogP) is 2.11. The molecule has 160 valence electrons. The van der Waals surface area contributed by atoms with Crippen molar-refractivity contribution < 1.29 is 13.2 Å². The van der Waals surface area contributed by atoms with Crippen molar-refractivity contribution in [1.29, 1.82) is 0 Å². The molecule has 1 saturated heterocycles. The molecule has 1 aromatic carbocycles. The van der Waals surface area contributed by atoms with E-state index in [2.05, 4.69) is 26.2 Å². The van der Waals surface area contributed by atoms with Crippen LogP contribution in [0.1, 0.15) is 6.92 Å². The first-order valence-corrected chi connectivity index (χ1v) is 11.6. The Morgan fingerprint density at radius 2 is 1.96 bits per heavy atom. The van der Waals surface area contributed by atoms with Crippen LogP contribution < -0.4 is 10.2 Å². The lowest BCUT2D eigenvalue weighted by atomic mass is 10.2. The van der Waals surface area contributed by atoms with Gasteiger partial charge >= 0.3 is 0 Å². The van der Waals surface area contributed by atoms with Crippen molar-refractivity contribution in [3.8, 4) is 0 Å². The maximum Gasteiger partial charge on any atom is 0.194 e. The van der Waals surface area contributed by atoms with E-state index < -0.39 is 9.84 Å². The van der Waals surface area contributed by atoms with Crippen molar-refractivity contribution in [3.63, 3.8) is 0 Å². The van der Waals surface area contributed by atoms with Crippen molar-refractivity contribution in [2.24, 2.45) is 4.99 Å². The monoisotopic (exact) mass is 544 g/mol. The summed E-state index contributed by atoms with van der Waals surface area (Å²) < 4.78 is 27.5. The highest BCUT2D eigenvalue weighted by molar-refractivity contribution is 14.0. The number of guanidine groups is 1. The molecule has 0 atom stereocenters. The number of hydrogen-bond donors (Lipinski definition) is 1. The van der Waals surface area contributed by atoms with Gasteiger partial charge in [-0.15, -0.1) is 24.0 Å². The molecule has 0 unspecified atom stereocenters. The third-order valence-corrected chi connectivity index (χ3v) is 5.33. The molecule has 7 nitrogen and oxygen atoms in total.